The average molecular weight is 438 g/mol. The van der Waals surface area contributed by atoms with Crippen LogP contribution in [0.5, 0.6) is 0 Å². The van der Waals surface area contributed by atoms with Crippen molar-refractivity contribution >= 4 is 29.0 Å². The highest BCUT2D eigenvalue weighted by molar-refractivity contribution is 7.09. The molecule has 1 spiro atoms. The van der Waals surface area contributed by atoms with Gasteiger partial charge in [-0.3, -0.25) is 4.79 Å². The van der Waals surface area contributed by atoms with Crippen LogP contribution in [0.2, 0.25) is 0 Å². The lowest BCUT2D eigenvalue weighted by atomic mass is 9.74. The first-order valence-corrected chi connectivity index (χ1v) is 11.1. The molecule has 2 aliphatic rings. The molecule has 160 valence electrons. The van der Waals surface area contributed by atoms with Crippen molar-refractivity contribution in [1.82, 2.24) is 30.0 Å². The van der Waals surface area contributed by atoms with Crippen LogP contribution in [0.25, 0.3) is 0 Å². The molecule has 2 N–H and O–H groups in total. The third-order valence-corrected chi connectivity index (χ3v) is 6.93. The molecule has 2 aliphatic heterocycles. The fraction of sp³-hybridized carbons (Fsp3) is 0.381. The highest BCUT2D eigenvalue weighted by Gasteiger charge is 2.51. The molecule has 0 aliphatic carbocycles. The maximum Gasteiger partial charge on any atom is 0.319 e. The Balaban J connectivity index is 1.38. The van der Waals surface area contributed by atoms with Crippen molar-refractivity contribution in [2.24, 2.45) is 5.41 Å². The number of rotatable bonds is 3. The summed E-state index contributed by atoms with van der Waals surface area (Å²) in [5.74, 6) is 0.675. The predicted octanol–water partition coefficient (Wildman–Crippen LogP) is 2.84. The summed E-state index contributed by atoms with van der Waals surface area (Å²) < 4.78 is 1.84. The van der Waals surface area contributed by atoms with Gasteiger partial charge in [0.25, 0.3) is 5.91 Å². The number of aromatic nitrogens is 4. The highest BCUT2D eigenvalue weighted by Crippen LogP contribution is 2.47. The summed E-state index contributed by atoms with van der Waals surface area (Å²) in [7, 11) is 0. The van der Waals surface area contributed by atoms with Gasteiger partial charge in [-0.2, -0.15) is 5.10 Å². The molecule has 31 heavy (non-hydrogen) atoms. The minimum Gasteiger partial charge on any atom is -0.337 e. The number of aryl methyl sites for hydroxylation is 2. The molecule has 2 aromatic heterocycles. The predicted molar refractivity (Wildman–Crippen MR) is 116 cm³/mol. The fourth-order valence-corrected chi connectivity index (χ4v) is 5.17. The van der Waals surface area contributed by atoms with Gasteiger partial charge in [-0.15, -0.1) is 11.3 Å². The number of benzene rings is 1. The first-order chi connectivity index (χ1) is 15.0. The second kappa shape index (κ2) is 7.77. The normalized spacial score (nSPS) is 22.4. The summed E-state index contributed by atoms with van der Waals surface area (Å²) >= 11 is 1.47. The average Bonchev–Trinajstić information content (AvgIpc) is 3.51. The van der Waals surface area contributed by atoms with Crippen LogP contribution in [0.1, 0.15) is 40.2 Å². The van der Waals surface area contributed by atoms with E-state index in [1.807, 2.05) is 52.2 Å². The SMILES string of the molecule is Cc1nc(C(=O)N2CC[C@]3(CCn4ncnc4[C@@H]3NC(=O)Nc3ccccc3)C2)cs1. The number of thiazole rings is 1. The largest absolute Gasteiger partial charge is 0.337 e. The third-order valence-electron chi connectivity index (χ3n) is 6.16. The summed E-state index contributed by atoms with van der Waals surface area (Å²) in [4.78, 5) is 36.5. The highest BCUT2D eigenvalue weighted by atomic mass is 32.1. The monoisotopic (exact) mass is 437 g/mol. The minimum atomic E-state index is -0.345. The Morgan fingerprint density at radius 2 is 2.00 bits per heavy atom. The molecule has 4 heterocycles. The first kappa shape index (κ1) is 19.7. The molecule has 10 heteroatoms. The fourth-order valence-electron chi connectivity index (χ4n) is 4.59. The maximum absolute atomic E-state index is 13.0. The first-order valence-electron chi connectivity index (χ1n) is 10.3. The summed E-state index contributed by atoms with van der Waals surface area (Å²) in [6.45, 7) is 3.78. The number of anilines is 1. The van der Waals surface area contributed by atoms with Crippen molar-refractivity contribution in [3.63, 3.8) is 0 Å². The van der Waals surface area contributed by atoms with Crippen molar-refractivity contribution in [3.05, 3.63) is 58.6 Å². The van der Waals surface area contributed by atoms with Crippen LogP contribution < -0.4 is 10.6 Å². The molecule has 2 atom stereocenters. The molecule has 0 radical (unpaired) electrons. The van der Waals surface area contributed by atoms with Gasteiger partial charge in [0, 0.05) is 36.1 Å². The molecule has 1 saturated heterocycles. The van der Waals surface area contributed by atoms with Crippen LogP contribution in [0.3, 0.4) is 0 Å². The quantitative estimate of drug-likeness (QED) is 0.656. The zero-order valence-electron chi connectivity index (χ0n) is 17.1. The summed E-state index contributed by atoms with van der Waals surface area (Å²) in [6, 6.07) is 8.67. The van der Waals surface area contributed by atoms with Crippen molar-refractivity contribution < 1.29 is 9.59 Å². The zero-order chi connectivity index (χ0) is 21.4. The molecular weight excluding hydrogens is 414 g/mol. The summed E-state index contributed by atoms with van der Waals surface area (Å²) in [5, 5.41) is 13.0. The number of hydrogen-bond donors (Lipinski definition) is 2. The number of para-hydroxylation sites is 1. The number of amides is 3. The van der Waals surface area contributed by atoms with Gasteiger partial charge in [0.1, 0.15) is 17.8 Å². The smallest absolute Gasteiger partial charge is 0.319 e. The molecule has 0 bridgehead atoms. The van der Waals surface area contributed by atoms with Gasteiger partial charge in [0.15, 0.2) is 0 Å². The van der Waals surface area contributed by atoms with E-state index in [0.717, 1.165) is 23.7 Å². The number of nitrogens with one attached hydrogen (secondary N) is 2. The van der Waals surface area contributed by atoms with Crippen molar-refractivity contribution in [2.45, 2.75) is 32.4 Å². The molecule has 1 fully saturated rings. The number of likely N-dealkylation sites (tertiary alicyclic amines) is 1. The molecule has 5 rings (SSSR count). The maximum atomic E-state index is 13.0. The van der Waals surface area contributed by atoms with Gasteiger partial charge < -0.3 is 15.5 Å². The Morgan fingerprint density at radius 1 is 1.19 bits per heavy atom. The Hall–Kier alpha value is -3.27. The molecule has 3 amide bonds. The van der Waals surface area contributed by atoms with E-state index in [0.29, 0.717) is 31.0 Å². The second-order valence-corrected chi connectivity index (χ2v) is 9.14. The lowest BCUT2D eigenvalue weighted by Gasteiger charge is -2.40. The van der Waals surface area contributed by atoms with Crippen LogP contribution in [0.15, 0.2) is 42.0 Å². The third kappa shape index (κ3) is 3.67. The van der Waals surface area contributed by atoms with E-state index in [1.54, 1.807) is 0 Å². The molecular formula is C21H23N7O2S. The number of carbonyl (C=O) groups excluding carboxylic acids is 2. The van der Waals surface area contributed by atoms with Gasteiger partial charge >= 0.3 is 6.03 Å². The topological polar surface area (TPSA) is 105 Å². The summed E-state index contributed by atoms with van der Waals surface area (Å²) in [6.07, 6.45) is 3.11. The Kier molecular flexibility index (Phi) is 4.93. The van der Waals surface area contributed by atoms with Gasteiger partial charge in [0.2, 0.25) is 0 Å². The van der Waals surface area contributed by atoms with Gasteiger partial charge in [-0.1, -0.05) is 18.2 Å². The molecule has 1 aromatic carbocycles. The zero-order valence-corrected chi connectivity index (χ0v) is 17.9. The van der Waals surface area contributed by atoms with Crippen molar-refractivity contribution in [1.29, 1.82) is 0 Å². The van der Waals surface area contributed by atoms with Gasteiger partial charge in [-0.25, -0.2) is 19.4 Å². The van der Waals surface area contributed by atoms with E-state index in [-0.39, 0.29) is 23.4 Å². The van der Waals surface area contributed by atoms with Gasteiger partial charge in [-0.05, 0) is 31.9 Å². The minimum absolute atomic E-state index is 0.0549. The Bertz CT molecular complexity index is 1110. The summed E-state index contributed by atoms with van der Waals surface area (Å²) in [5.41, 5.74) is 0.913. The van der Waals surface area contributed by atoms with Crippen molar-refractivity contribution in [3.8, 4) is 0 Å². The van der Waals surface area contributed by atoms with Crippen LogP contribution in [-0.4, -0.2) is 49.7 Å². The number of carbonyl (C=O) groups is 2. The van der Waals surface area contributed by atoms with E-state index in [4.69, 9.17) is 0 Å². The molecule has 0 unspecified atom stereocenters. The van der Waals surface area contributed by atoms with Crippen molar-refractivity contribution in [2.75, 3.05) is 18.4 Å². The Labute approximate surface area is 183 Å². The van der Waals surface area contributed by atoms with E-state index in [2.05, 4.69) is 25.7 Å². The van der Waals surface area contributed by atoms with Gasteiger partial charge in [0.05, 0.1) is 11.0 Å². The lowest BCUT2D eigenvalue weighted by Crippen LogP contribution is -2.49. The van der Waals surface area contributed by atoms with Crippen LogP contribution in [0.4, 0.5) is 10.5 Å². The molecule has 9 nitrogen and oxygen atoms in total. The van der Waals surface area contributed by atoms with E-state index < -0.39 is 0 Å². The number of urea groups is 1. The Morgan fingerprint density at radius 3 is 2.77 bits per heavy atom. The molecule has 3 aromatic rings. The van der Waals surface area contributed by atoms with E-state index >= 15 is 0 Å². The van der Waals surface area contributed by atoms with E-state index in [9.17, 15) is 9.59 Å². The van der Waals surface area contributed by atoms with E-state index in [1.165, 1.54) is 17.7 Å². The second-order valence-electron chi connectivity index (χ2n) is 8.08. The van der Waals surface area contributed by atoms with Crippen LogP contribution in [-0.2, 0) is 6.54 Å². The van der Waals surface area contributed by atoms with Crippen LogP contribution in [0, 0.1) is 12.3 Å². The number of fused-ring (bicyclic) bond motifs is 1. The number of nitrogens with zero attached hydrogens (tertiary/aromatic N) is 5. The number of hydrogen-bond acceptors (Lipinski definition) is 6. The standard InChI is InChI=1S/C21H23N7O2S/c1-14-24-16(11-31-14)19(29)27-9-7-21(12-27)8-10-28-18(22-13-23-28)17(21)26-20(30)25-15-5-3-2-4-6-15/h2-6,11,13,17H,7-10,12H2,1H3,(H2,25,26,30)/t17-,21-/m0/s1. The van der Waals surface area contributed by atoms with Crippen LogP contribution >= 0.6 is 11.3 Å². The lowest BCUT2D eigenvalue weighted by molar-refractivity contribution is 0.0730. The molecule has 0 saturated carbocycles.